The van der Waals surface area contributed by atoms with E-state index in [-0.39, 0.29) is 17.4 Å². The van der Waals surface area contributed by atoms with Crippen LogP contribution in [0.2, 0.25) is 0 Å². The summed E-state index contributed by atoms with van der Waals surface area (Å²) in [6.07, 6.45) is 11.3. The number of likely N-dealkylation sites (tertiary alicyclic amines) is 1. The van der Waals surface area contributed by atoms with Crippen LogP contribution in [0.3, 0.4) is 0 Å². The molecule has 0 unspecified atom stereocenters. The van der Waals surface area contributed by atoms with Gasteiger partial charge >= 0.3 is 5.69 Å². The summed E-state index contributed by atoms with van der Waals surface area (Å²) in [6, 6.07) is 12.8. The van der Waals surface area contributed by atoms with E-state index in [9.17, 15) is 9.59 Å². The van der Waals surface area contributed by atoms with Crippen molar-refractivity contribution in [3.63, 3.8) is 0 Å². The number of imidazole rings is 1. The van der Waals surface area contributed by atoms with E-state index in [1.54, 1.807) is 28.6 Å². The Bertz CT molecular complexity index is 1310. The number of nitrogens with zero attached hydrogens (tertiary/aromatic N) is 3. The molecule has 0 spiro atoms. The predicted molar refractivity (Wildman–Crippen MR) is 135 cm³/mol. The fraction of sp³-hybridized carbons (Fsp3) is 0.269. The summed E-state index contributed by atoms with van der Waals surface area (Å²) in [5.74, 6) is 3.01. The number of amides is 1. The molecule has 1 aliphatic rings. The summed E-state index contributed by atoms with van der Waals surface area (Å²) in [5, 5.41) is 14.7. The van der Waals surface area contributed by atoms with E-state index in [4.69, 9.17) is 11.8 Å². The first-order valence-electron chi connectivity index (χ1n) is 11.3. The number of benzene rings is 2. The molecular weight excluding hydrogens is 428 g/mol. The molecule has 3 aromatic rings. The second-order valence-corrected chi connectivity index (χ2v) is 8.19. The summed E-state index contributed by atoms with van der Waals surface area (Å²) in [5.41, 5.74) is 3.42. The molecule has 34 heavy (non-hydrogen) atoms. The van der Waals surface area contributed by atoms with E-state index >= 15 is 0 Å². The molecule has 1 saturated heterocycles. The van der Waals surface area contributed by atoms with Gasteiger partial charge in [-0.05, 0) is 49.2 Å². The fourth-order valence-corrected chi connectivity index (χ4v) is 4.16. The smallest absolute Gasteiger partial charge is 0.332 e. The van der Waals surface area contributed by atoms with E-state index in [0.717, 1.165) is 36.3 Å². The predicted octanol–water partition coefficient (Wildman–Crippen LogP) is 3.11. The topological polar surface area (TPSA) is 95.2 Å². The van der Waals surface area contributed by atoms with Crippen LogP contribution in [0.15, 0.2) is 59.7 Å². The van der Waals surface area contributed by atoms with E-state index in [1.807, 2.05) is 47.4 Å². The number of anilines is 2. The van der Waals surface area contributed by atoms with Crippen molar-refractivity contribution in [2.75, 3.05) is 30.8 Å². The highest BCUT2D eigenvalue weighted by atomic mass is 16.2. The zero-order chi connectivity index (χ0) is 24.1. The molecule has 4 rings (SSSR count). The number of aryl methyl sites for hydroxylation is 1. The van der Waals surface area contributed by atoms with Crippen molar-refractivity contribution in [2.24, 2.45) is 0 Å². The molecule has 1 aromatic heterocycles. The van der Waals surface area contributed by atoms with Crippen LogP contribution in [0.1, 0.15) is 30.4 Å². The number of carbonyl (C=O) groups excluding carboxylic acids is 1. The van der Waals surface area contributed by atoms with E-state index in [1.165, 1.54) is 0 Å². The average molecular weight is 457 g/mol. The Morgan fingerprint density at radius 2 is 2.00 bits per heavy atom. The van der Waals surface area contributed by atoms with Gasteiger partial charge in [0.1, 0.15) is 5.84 Å². The number of aromatic nitrogens is 2. The molecule has 2 aromatic carbocycles. The van der Waals surface area contributed by atoms with Gasteiger partial charge in [-0.15, -0.1) is 6.42 Å². The standard InChI is InChI=1S/C26H28N6O2/c1-3-19-7-4-8-20(17-19)29-25(27)22-11-10-21(18-23(22)28-2)32-16-15-31(26(32)34)14-6-13-30-12-5-9-24(30)33/h1,4,7-8,10-11,15-18,28H,5-6,9,12-14H2,2H3,(H2,27,29). The number of amidine groups is 1. The summed E-state index contributed by atoms with van der Waals surface area (Å²) in [4.78, 5) is 26.6. The third-order valence-corrected chi connectivity index (χ3v) is 5.96. The first-order valence-corrected chi connectivity index (χ1v) is 11.3. The van der Waals surface area contributed by atoms with E-state index in [2.05, 4.69) is 16.6 Å². The average Bonchev–Trinajstić information content (AvgIpc) is 3.43. The normalized spacial score (nSPS) is 13.1. The molecule has 0 bridgehead atoms. The Balaban J connectivity index is 1.48. The number of carbonyl (C=O) groups is 1. The summed E-state index contributed by atoms with van der Waals surface area (Å²) in [7, 11) is 1.78. The maximum Gasteiger partial charge on any atom is 0.332 e. The Labute approximate surface area is 198 Å². The number of hydrogen-bond donors (Lipinski definition) is 3. The van der Waals surface area contributed by atoms with Crippen LogP contribution in [0.4, 0.5) is 11.4 Å². The van der Waals surface area contributed by atoms with Gasteiger partial charge in [0.25, 0.3) is 0 Å². The molecule has 0 aliphatic carbocycles. The third kappa shape index (κ3) is 4.89. The zero-order valence-corrected chi connectivity index (χ0v) is 19.2. The van der Waals surface area contributed by atoms with Crippen molar-refractivity contribution in [3.8, 4) is 18.0 Å². The van der Waals surface area contributed by atoms with Gasteiger partial charge in [-0.3, -0.25) is 19.3 Å². The quantitative estimate of drug-likeness (QED) is 0.276. The molecule has 3 N–H and O–H groups in total. The minimum Gasteiger partial charge on any atom is -0.387 e. The van der Waals surface area contributed by atoms with Crippen molar-refractivity contribution in [2.45, 2.75) is 25.8 Å². The van der Waals surface area contributed by atoms with Crippen molar-refractivity contribution in [1.29, 1.82) is 5.41 Å². The molecule has 1 aliphatic heterocycles. The van der Waals surface area contributed by atoms with Crippen LogP contribution in [-0.4, -0.2) is 45.9 Å². The van der Waals surface area contributed by atoms with Crippen LogP contribution < -0.4 is 16.3 Å². The van der Waals surface area contributed by atoms with Crippen LogP contribution in [0.25, 0.3) is 5.69 Å². The van der Waals surface area contributed by atoms with Crippen LogP contribution >= 0.6 is 0 Å². The van der Waals surface area contributed by atoms with E-state index in [0.29, 0.717) is 30.8 Å². The third-order valence-electron chi connectivity index (χ3n) is 5.96. The van der Waals surface area contributed by atoms with Crippen LogP contribution in [0, 0.1) is 17.8 Å². The minimum atomic E-state index is -0.137. The fourth-order valence-electron chi connectivity index (χ4n) is 4.16. The monoisotopic (exact) mass is 456 g/mol. The Morgan fingerprint density at radius 1 is 1.15 bits per heavy atom. The van der Waals surface area contributed by atoms with Crippen molar-refractivity contribution < 1.29 is 4.79 Å². The molecule has 174 valence electrons. The van der Waals surface area contributed by atoms with Gasteiger partial charge in [0.2, 0.25) is 5.91 Å². The Morgan fingerprint density at radius 3 is 2.74 bits per heavy atom. The van der Waals surface area contributed by atoms with E-state index < -0.39 is 0 Å². The molecule has 0 atom stereocenters. The highest BCUT2D eigenvalue weighted by molar-refractivity contribution is 6.10. The lowest BCUT2D eigenvalue weighted by Gasteiger charge is -2.15. The number of hydrogen-bond acceptors (Lipinski definition) is 4. The van der Waals surface area contributed by atoms with Gasteiger partial charge in [0.05, 0.1) is 5.69 Å². The lowest BCUT2D eigenvalue weighted by molar-refractivity contribution is -0.127. The van der Waals surface area contributed by atoms with Gasteiger partial charge < -0.3 is 15.5 Å². The molecular formula is C26H28N6O2. The lowest BCUT2D eigenvalue weighted by Crippen LogP contribution is -2.28. The Kier molecular flexibility index (Phi) is 6.83. The molecule has 2 heterocycles. The second kappa shape index (κ2) is 10.1. The van der Waals surface area contributed by atoms with Gasteiger partial charge in [-0.1, -0.05) is 12.0 Å². The number of rotatable bonds is 8. The maximum absolute atomic E-state index is 12.9. The van der Waals surface area contributed by atoms with Crippen LogP contribution in [-0.2, 0) is 11.3 Å². The lowest BCUT2D eigenvalue weighted by atomic mass is 10.1. The summed E-state index contributed by atoms with van der Waals surface area (Å²) >= 11 is 0. The minimum absolute atomic E-state index is 0.137. The summed E-state index contributed by atoms with van der Waals surface area (Å²) in [6.45, 7) is 2.04. The first kappa shape index (κ1) is 22.9. The molecule has 0 saturated carbocycles. The second-order valence-electron chi connectivity index (χ2n) is 8.19. The zero-order valence-electron chi connectivity index (χ0n) is 19.2. The van der Waals surface area contributed by atoms with Gasteiger partial charge in [0.15, 0.2) is 0 Å². The molecule has 8 nitrogen and oxygen atoms in total. The van der Waals surface area contributed by atoms with Crippen molar-refractivity contribution in [3.05, 3.63) is 76.5 Å². The first-order chi connectivity index (χ1) is 16.5. The maximum atomic E-state index is 12.9. The number of nitrogens with one attached hydrogen (secondary N) is 3. The molecule has 1 amide bonds. The summed E-state index contributed by atoms with van der Waals surface area (Å²) < 4.78 is 3.24. The van der Waals surface area contributed by atoms with Crippen molar-refractivity contribution in [1.82, 2.24) is 14.0 Å². The molecule has 1 fully saturated rings. The van der Waals surface area contributed by atoms with Gasteiger partial charge in [-0.2, -0.15) is 0 Å². The molecule has 0 radical (unpaired) electrons. The van der Waals surface area contributed by atoms with Gasteiger partial charge in [0, 0.05) is 68.0 Å². The Hall–Kier alpha value is -4.25. The highest BCUT2D eigenvalue weighted by Gasteiger charge is 2.19. The van der Waals surface area contributed by atoms with Crippen molar-refractivity contribution >= 4 is 23.1 Å². The number of terminal acetylenes is 1. The SMILES string of the molecule is C#Cc1cccc(NC(=N)c2ccc(-n3ccn(CCCN4CCCC4=O)c3=O)cc2NC)c1. The molecule has 8 heteroatoms. The largest absolute Gasteiger partial charge is 0.387 e. The highest BCUT2D eigenvalue weighted by Crippen LogP contribution is 2.21. The van der Waals surface area contributed by atoms with Gasteiger partial charge in [-0.25, -0.2) is 4.79 Å². The van der Waals surface area contributed by atoms with Crippen LogP contribution in [0.5, 0.6) is 0 Å².